The van der Waals surface area contributed by atoms with Crippen LogP contribution >= 0.6 is 0 Å². The quantitative estimate of drug-likeness (QED) is 0.653. The maximum Gasteiger partial charge on any atom is 0.257 e. The first-order valence-electron chi connectivity index (χ1n) is 4.79. The van der Waals surface area contributed by atoms with Gasteiger partial charge in [-0.3, -0.25) is 9.89 Å². The Labute approximate surface area is 82.5 Å². The van der Waals surface area contributed by atoms with Crippen LogP contribution in [0.3, 0.4) is 0 Å². The number of carbonyl (C=O) groups excluding carboxylic acids is 1. The molecule has 0 aromatic carbocycles. The van der Waals surface area contributed by atoms with Gasteiger partial charge in [0.15, 0.2) is 0 Å². The van der Waals surface area contributed by atoms with E-state index in [1.165, 1.54) is 0 Å². The Hall–Kier alpha value is -1.36. The van der Waals surface area contributed by atoms with Crippen LogP contribution in [0.2, 0.25) is 0 Å². The molecule has 1 saturated heterocycles. The summed E-state index contributed by atoms with van der Waals surface area (Å²) in [6, 6.07) is 0.375. The number of H-pyrrole nitrogens is 1. The molecule has 2 heterocycles. The number of aromatic amines is 1. The van der Waals surface area contributed by atoms with E-state index in [0.717, 1.165) is 19.6 Å². The summed E-state index contributed by atoms with van der Waals surface area (Å²) in [4.78, 5) is 13.7. The second-order valence-corrected chi connectivity index (χ2v) is 3.59. The Bertz CT molecular complexity index is 309. The lowest BCUT2D eigenvalue weighted by Gasteiger charge is -2.31. The molecule has 1 aromatic heterocycles. The van der Waals surface area contributed by atoms with Crippen molar-refractivity contribution in [2.75, 3.05) is 19.6 Å². The van der Waals surface area contributed by atoms with Gasteiger partial charge in [0.25, 0.3) is 5.91 Å². The smallest absolute Gasteiger partial charge is 0.257 e. The van der Waals surface area contributed by atoms with Crippen LogP contribution in [0.25, 0.3) is 0 Å². The highest BCUT2D eigenvalue weighted by molar-refractivity contribution is 5.93. The predicted octanol–water partition coefficient (Wildman–Crippen LogP) is -0.156. The molecule has 0 bridgehead atoms. The van der Waals surface area contributed by atoms with Gasteiger partial charge >= 0.3 is 0 Å². The lowest BCUT2D eigenvalue weighted by Crippen LogP contribution is -2.51. The maximum absolute atomic E-state index is 11.8. The molecule has 1 aliphatic rings. The summed E-state index contributed by atoms with van der Waals surface area (Å²) < 4.78 is 0. The summed E-state index contributed by atoms with van der Waals surface area (Å²) in [7, 11) is 0. The molecule has 5 heteroatoms. The number of hydrogen-bond acceptors (Lipinski definition) is 3. The summed E-state index contributed by atoms with van der Waals surface area (Å²) >= 11 is 0. The second kappa shape index (κ2) is 3.79. The van der Waals surface area contributed by atoms with Crippen LogP contribution in [-0.4, -0.2) is 46.7 Å². The minimum atomic E-state index is 0.0621. The van der Waals surface area contributed by atoms with Crippen LogP contribution < -0.4 is 5.32 Å². The minimum absolute atomic E-state index is 0.0621. The fourth-order valence-corrected chi connectivity index (χ4v) is 1.67. The van der Waals surface area contributed by atoms with Gasteiger partial charge in [-0.2, -0.15) is 5.10 Å². The van der Waals surface area contributed by atoms with Crippen molar-refractivity contribution in [3.63, 3.8) is 0 Å². The highest BCUT2D eigenvalue weighted by Gasteiger charge is 2.21. The van der Waals surface area contributed by atoms with Gasteiger partial charge in [0.05, 0.1) is 11.8 Å². The van der Waals surface area contributed by atoms with E-state index in [2.05, 4.69) is 22.4 Å². The van der Waals surface area contributed by atoms with Crippen molar-refractivity contribution in [3.8, 4) is 0 Å². The highest BCUT2D eigenvalue weighted by atomic mass is 16.2. The molecule has 76 valence electrons. The summed E-state index contributed by atoms with van der Waals surface area (Å²) in [5.74, 6) is 0.0621. The first kappa shape index (κ1) is 9.21. The fourth-order valence-electron chi connectivity index (χ4n) is 1.67. The van der Waals surface area contributed by atoms with Gasteiger partial charge in [0.1, 0.15) is 0 Å². The van der Waals surface area contributed by atoms with Crippen molar-refractivity contribution in [1.29, 1.82) is 0 Å². The SMILES string of the molecule is C[C@@H]1CN(C(=O)c2cn[nH]c2)CCN1. The van der Waals surface area contributed by atoms with Crippen LogP contribution in [0.5, 0.6) is 0 Å². The van der Waals surface area contributed by atoms with Gasteiger partial charge in [-0.25, -0.2) is 0 Å². The molecule has 0 unspecified atom stereocenters. The number of nitrogens with zero attached hydrogens (tertiary/aromatic N) is 2. The van der Waals surface area contributed by atoms with E-state index in [1.54, 1.807) is 12.4 Å². The normalized spacial score (nSPS) is 22.4. The van der Waals surface area contributed by atoms with Gasteiger partial charge in [0.2, 0.25) is 0 Å². The van der Waals surface area contributed by atoms with Crippen LogP contribution in [0.15, 0.2) is 12.4 Å². The van der Waals surface area contributed by atoms with E-state index >= 15 is 0 Å². The molecule has 1 aromatic rings. The lowest BCUT2D eigenvalue weighted by atomic mass is 10.2. The number of carbonyl (C=O) groups is 1. The van der Waals surface area contributed by atoms with E-state index in [0.29, 0.717) is 11.6 Å². The first-order valence-corrected chi connectivity index (χ1v) is 4.79. The molecule has 2 rings (SSSR count). The lowest BCUT2D eigenvalue weighted by molar-refractivity contribution is 0.0709. The number of nitrogens with one attached hydrogen (secondary N) is 2. The topological polar surface area (TPSA) is 61.0 Å². The van der Waals surface area contributed by atoms with Crippen LogP contribution in [0.1, 0.15) is 17.3 Å². The Morgan fingerprint density at radius 1 is 1.71 bits per heavy atom. The standard InChI is InChI=1S/C9H14N4O/c1-7-6-13(3-2-10-7)9(14)8-4-11-12-5-8/h4-5,7,10H,2-3,6H2,1H3,(H,11,12)/t7-/m1/s1. The average Bonchev–Trinajstić information content (AvgIpc) is 2.69. The molecular formula is C9H14N4O. The molecular weight excluding hydrogens is 180 g/mol. The molecule has 1 atom stereocenters. The van der Waals surface area contributed by atoms with Crippen molar-refractivity contribution in [1.82, 2.24) is 20.4 Å². The molecule has 0 radical (unpaired) electrons. The summed E-state index contributed by atoms with van der Waals surface area (Å²) in [5, 5.41) is 9.71. The van der Waals surface area contributed by atoms with Crippen molar-refractivity contribution in [2.45, 2.75) is 13.0 Å². The van der Waals surface area contributed by atoms with E-state index in [1.807, 2.05) is 4.90 Å². The van der Waals surface area contributed by atoms with Gasteiger partial charge in [-0.05, 0) is 6.92 Å². The Morgan fingerprint density at radius 2 is 2.57 bits per heavy atom. The van der Waals surface area contributed by atoms with Crippen LogP contribution in [-0.2, 0) is 0 Å². The molecule has 5 nitrogen and oxygen atoms in total. The van der Waals surface area contributed by atoms with Crippen LogP contribution in [0.4, 0.5) is 0 Å². The third-order valence-electron chi connectivity index (χ3n) is 2.40. The number of amides is 1. The summed E-state index contributed by atoms with van der Waals surface area (Å²) in [5.41, 5.74) is 0.638. The third-order valence-corrected chi connectivity index (χ3v) is 2.40. The third kappa shape index (κ3) is 1.77. The molecule has 0 spiro atoms. The molecule has 1 amide bonds. The van der Waals surface area contributed by atoms with E-state index in [4.69, 9.17) is 0 Å². The summed E-state index contributed by atoms with van der Waals surface area (Å²) in [6.07, 6.45) is 3.20. The van der Waals surface area contributed by atoms with Crippen molar-refractivity contribution in [3.05, 3.63) is 18.0 Å². The Morgan fingerprint density at radius 3 is 3.21 bits per heavy atom. The fraction of sp³-hybridized carbons (Fsp3) is 0.556. The van der Waals surface area contributed by atoms with Gasteiger partial charge in [-0.15, -0.1) is 0 Å². The monoisotopic (exact) mass is 194 g/mol. The van der Waals surface area contributed by atoms with E-state index < -0.39 is 0 Å². The van der Waals surface area contributed by atoms with Crippen molar-refractivity contribution < 1.29 is 4.79 Å². The summed E-state index contributed by atoms with van der Waals surface area (Å²) in [6.45, 7) is 4.48. The molecule has 1 aliphatic heterocycles. The van der Waals surface area contributed by atoms with E-state index in [-0.39, 0.29) is 5.91 Å². The average molecular weight is 194 g/mol. The Balaban J connectivity index is 2.04. The minimum Gasteiger partial charge on any atom is -0.336 e. The maximum atomic E-state index is 11.8. The molecule has 14 heavy (non-hydrogen) atoms. The highest BCUT2D eigenvalue weighted by Crippen LogP contribution is 2.05. The molecule has 0 saturated carbocycles. The zero-order valence-electron chi connectivity index (χ0n) is 8.16. The predicted molar refractivity (Wildman–Crippen MR) is 52.0 cm³/mol. The number of aromatic nitrogens is 2. The zero-order valence-corrected chi connectivity index (χ0v) is 8.16. The number of hydrogen-bond donors (Lipinski definition) is 2. The van der Waals surface area contributed by atoms with Gasteiger partial charge < -0.3 is 10.2 Å². The number of rotatable bonds is 1. The van der Waals surface area contributed by atoms with Crippen LogP contribution in [0, 0.1) is 0 Å². The van der Waals surface area contributed by atoms with Gasteiger partial charge in [-0.1, -0.05) is 0 Å². The number of piperazine rings is 1. The molecule has 2 N–H and O–H groups in total. The first-order chi connectivity index (χ1) is 6.77. The second-order valence-electron chi connectivity index (χ2n) is 3.59. The molecule has 1 fully saturated rings. The Kier molecular flexibility index (Phi) is 2.49. The van der Waals surface area contributed by atoms with Crippen molar-refractivity contribution >= 4 is 5.91 Å². The van der Waals surface area contributed by atoms with E-state index in [9.17, 15) is 4.79 Å². The zero-order chi connectivity index (χ0) is 9.97. The van der Waals surface area contributed by atoms with Crippen molar-refractivity contribution in [2.24, 2.45) is 0 Å². The largest absolute Gasteiger partial charge is 0.336 e. The molecule has 0 aliphatic carbocycles. The van der Waals surface area contributed by atoms with Gasteiger partial charge in [0, 0.05) is 31.9 Å².